The quantitative estimate of drug-likeness (QED) is 0.334. The largest absolute Gasteiger partial charge is 0.492 e. The number of hydrogen-bond donors (Lipinski definition) is 0. The maximum Gasteiger partial charge on any atom is 0.368 e. The van der Waals surface area contributed by atoms with Gasteiger partial charge in [0.1, 0.15) is 12.4 Å². The first-order valence-corrected chi connectivity index (χ1v) is 10.6. The summed E-state index contributed by atoms with van der Waals surface area (Å²) in [6.45, 7) is 4.65. The maximum atomic E-state index is 12.3. The van der Waals surface area contributed by atoms with Gasteiger partial charge in [0, 0.05) is 36.0 Å². The molecule has 4 rings (SSSR count). The van der Waals surface area contributed by atoms with Crippen molar-refractivity contribution in [2.45, 2.75) is 33.3 Å². The zero-order valence-electron chi connectivity index (χ0n) is 18.1. The summed E-state index contributed by atoms with van der Waals surface area (Å²) >= 11 is 6.14. The minimum absolute atomic E-state index is 0.216. The molecule has 2 heterocycles. The van der Waals surface area contributed by atoms with Crippen molar-refractivity contribution < 1.29 is 9.47 Å². The Hall–Kier alpha value is -3.46. The molecule has 2 aromatic carbocycles. The standard InChI is InChI=1S/C22H23ClN6O3/c1-4-21(25-24-18-10-11-31-20-9-8-15(23)12-16(18)20)32-13-17-14(2)6-5-7-19(17)29-22(30)28(3)26-27-29/h5-9,12H,4,10-11,13H2,1-3H3. The van der Waals surface area contributed by atoms with Crippen LogP contribution >= 0.6 is 11.6 Å². The predicted octanol–water partition coefficient (Wildman–Crippen LogP) is 3.44. The van der Waals surface area contributed by atoms with Crippen LogP contribution in [0.5, 0.6) is 5.75 Å². The Kier molecular flexibility index (Phi) is 6.36. The third kappa shape index (κ3) is 4.43. The summed E-state index contributed by atoms with van der Waals surface area (Å²) in [5.41, 5.74) is 3.72. The summed E-state index contributed by atoms with van der Waals surface area (Å²) in [6, 6.07) is 11.1. The molecule has 3 aromatic rings. The first-order valence-electron chi connectivity index (χ1n) is 10.2. The van der Waals surface area contributed by atoms with Crippen LogP contribution < -0.4 is 10.4 Å². The molecule has 9 nitrogen and oxygen atoms in total. The number of ether oxygens (including phenoxy) is 2. The van der Waals surface area contributed by atoms with E-state index in [4.69, 9.17) is 21.1 Å². The van der Waals surface area contributed by atoms with Crippen molar-refractivity contribution in [3.63, 3.8) is 0 Å². The summed E-state index contributed by atoms with van der Waals surface area (Å²) in [6.07, 6.45) is 1.19. The fourth-order valence-electron chi connectivity index (χ4n) is 3.36. The molecule has 1 aliphatic heterocycles. The van der Waals surface area contributed by atoms with Crippen LogP contribution in [0.4, 0.5) is 0 Å². The molecule has 0 saturated heterocycles. The van der Waals surface area contributed by atoms with Crippen molar-refractivity contribution in [1.29, 1.82) is 0 Å². The lowest BCUT2D eigenvalue weighted by Gasteiger charge is -2.18. The Morgan fingerprint density at radius 3 is 2.88 bits per heavy atom. The molecule has 0 aliphatic carbocycles. The van der Waals surface area contributed by atoms with Gasteiger partial charge in [-0.3, -0.25) is 0 Å². The highest BCUT2D eigenvalue weighted by Gasteiger charge is 2.18. The number of aromatic nitrogens is 4. The monoisotopic (exact) mass is 454 g/mol. The van der Waals surface area contributed by atoms with Crippen molar-refractivity contribution in [3.05, 3.63) is 68.6 Å². The summed E-state index contributed by atoms with van der Waals surface area (Å²) in [7, 11) is 1.56. The number of halogens is 1. The van der Waals surface area contributed by atoms with Gasteiger partial charge >= 0.3 is 5.69 Å². The third-order valence-corrected chi connectivity index (χ3v) is 5.39. The van der Waals surface area contributed by atoms with Crippen molar-refractivity contribution in [3.8, 4) is 11.4 Å². The topological polar surface area (TPSA) is 95.9 Å². The normalized spacial score (nSPS) is 14.9. The number of nitrogens with zero attached hydrogens (tertiary/aromatic N) is 6. The Balaban J connectivity index is 1.59. The molecule has 0 atom stereocenters. The van der Waals surface area contributed by atoms with E-state index in [1.165, 1.54) is 9.36 Å². The van der Waals surface area contributed by atoms with Gasteiger partial charge < -0.3 is 9.47 Å². The lowest BCUT2D eigenvalue weighted by atomic mass is 10.0. The van der Waals surface area contributed by atoms with E-state index in [-0.39, 0.29) is 12.3 Å². The van der Waals surface area contributed by atoms with E-state index in [1.54, 1.807) is 13.1 Å². The Morgan fingerprint density at radius 2 is 2.12 bits per heavy atom. The van der Waals surface area contributed by atoms with Crippen LogP contribution in [0.15, 0.2) is 51.4 Å². The van der Waals surface area contributed by atoms with Gasteiger partial charge in [-0.1, -0.05) is 30.7 Å². The summed E-state index contributed by atoms with van der Waals surface area (Å²) in [5, 5.41) is 17.1. The molecule has 32 heavy (non-hydrogen) atoms. The SMILES string of the molecule is CCC(=NN=C1CCOc2ccc(Cl)cc21)OCc1c(C)cccc1-n1nnn(C)c1=O. The molecule has 1 aromatic heterocycles. The predicted molar refractivity (Wildman–Crippen MR) is 122 cm³/mol. The first-order chi connectivity index (χ1) is 15.5. The van der Waals surface area contributed by atoms with Gasteiger partial charge in [-0.15, -0.1) is 5.10 Å². The van der Waals surface area contributed by atoms with Crippen LogP contribution in [0.1, 0.15) is 36.5 Å². The van der Waals surface area contributed by atoms with Crippen LogP contribution in [-0.2, 0) is 18.4 Å². The van der Waals surface area contributed by atoms with Gasteiger partial charge in [-0.25, -0.2) is 4.79 Å². The average Bonchev–Trinajstić information content (AvgIpc) is 3.12. The zero-order chi connectivity index (χ0) is 22.7. The zero-order valence-corrected chi connectivity index (χ0v) is 18.8. The first kappa shape index (κ1) is 21.8. The van der Waals surface area contributed by atoms with Crippen LogP contribution in [-0.4, -0.2) is 38.0 Å². The molecule has 0 fully saturated rings. The molecule has 0 saturated carbocycles. The van der Waals surface area contributed by atoms with Gasteiger partial charge in [0.05, 0.1) is 18.0 Å². The van der Waals surface area contributed by atoms with E-state index in [1.807, 2.05) is 44.2 Å². The van der Waals surface area contributed by atoms with Gasteiger partial charge in [0.25, 0.3) is 0 Å². The van der Waals surface area contributed by atoms with Crippen LogP contribution in [0.2, 0.25) is 5.02 Å². The summed E-state index contributed by atoms with van der Waals surface area (Å²) in [4.78, 5) is 12.3. The highest BCUT2D eigenvalue weighted by atomic mass is 35.5. The fourth-order valence-corrected chi connectivity index (χ4v) is 3.53. The maximum absolute atomic E-state index is 12.3. The summed E-state index contributed by atoms with van der Waals surface area (Å²) in [5.74, 6) is 1.22. The summed E-state index contributed by atoms with van der Waals surface area (Å²) < 4.78 is 14.1. The molecule has 1 aliphatic rings. The van der Waals surface area contributed by atoms with Crippen molar-refractivity contribution >= 4 is 23.2 Å². The molecule has 0 N–H and O–H groups in total. The number of tetrazole rings is 1. The van der Waals surface area contributed by atoms with E-state index in [9.17, 15) is 4.79 Å². The third-order valence-electron chi connectivity index (χ3n) is 5.15. The fraction of sp³-hybridized carbons (Fsp3) is 0.318. The minimum Gasteiger partial charge on any atom is -0.492 e. The molecule has 0 amide bonds. The Morgan fingerprint density at radius 1 is 1.28 bits per heavy atom. The van der Waals surface area contributed by atoms with Crippen LogP contribution in [0, 0.1) is 6.92 Å². The number of aryl methyl sites for hydroxylation is 2. The molecule has 0 bridgehead atoms. The van der Waals surface area contributed by atoms with Gasteiger partial charge in [-0.2, -0.15) is 14.5 Å². The van der Waals surface area contributed by atoms with Crippen molar-refractivity contribution in [1.82, 2.24) is 19.8 Å². The number of benzene rings is 2. The Labute approximate surface area is 189 Å². The van der Waals surface area contributed by atoms with Crippen molar-refractivity contribution in [2.75, 3.05) is 6.61 Å². The highest BCUT2D eigenvalue weighted by Crippen LogP contribution is 2.28. The lowest BCUT2D eigenvalue weighted by molar-refractivity contribution is 0.282. The molecular formula is C22H23ClN6O3. The van der Waals surface area contributed by atoms with Gasteiger partial charge in [0.15, 0.2) is 0 Å². The van der Waals surface area contributed by atoms with E-state index in [2.05, 4.69) is 20.6 Å². The number of fused-ring (bicyclic) bond motifs is 1. The molecule has 166 valence electrons. The molecule has 0 spiro atoms. The molecular weight excluding hydrogens is 432 g/mol. The second-order valence-corrected chi connectivity index (χ2v) is 7.73. The smallest absolute Gasteiger partial charge is 0.368 e. The Bertz CT molecular complexity index is 1260. The highest BCUT2D eigenvalue weighted by molar-refractivity contribution is 6.31. The second-order valence-electron chi connectivity index (χ2n) is 7.29. The van der Waals surface area contributed by atoms with Gasteiger partial charge in [-0.05, 0) is 47.2 Å². The van der Waals surface area contributed by atoms with Gasteiger partial charge in [0.2, 0.25) is 5.90 Å². The van der Waals surface area contributed by atoms with E-state index < -0.39 is 0 Å². The lowest BCUT2D eigenvalue weighted by Crippen LogP contribution is -2.23. The second kappa shape index (κ2) is 9.35. The van der Waals surface area contributed by atoms with Crippen LogP contribution in [0.25, 0.3) is 5.69 Å². The number of hydrogen-bond acceptors (Lipinski definition) is 7. The average molecular weight is 455 g/mol. The van der Waals surface area contributed by atoms with Crippen molar-refractivity contribution in [2.24, 2.45) is 17.3 Å². The molecule has 0 radical (unpaired) electrons. The minimum atomic E-state index is -0.329. The van der Waals surface area contributed by atoms with Crippen LogP contribution in [0.3, 0.4) is 0 Å². The van der Waals surface area contributed by atoms with E-state index >= 15 is 0 Å². The molecule has 0 unspecified atom stereocenters. The van der Waals surface area contributed by atoms with E-state index in [0.717, 1.165) is 28.2 Å². The van der Waals surface area contributed by atoms with E-state index in [0.29, 0.717) is 36.1 Å². The molecule has 10 heteroatoms. The number of rotatable bonds is 5.